The highest BCUT2D eigenvalue weighted by atomic mass is 16.5. The number of nitrogens with zero attached hydrogens (tertiary/aromatic N) is 3. The molecule has 0 unspecified atom stereocenters. The van der Waals surface area contributed by atoms with Crippen LogP contribution in [0, 0.1) is 0 Å². The van der Waals surface area contributed by atoms with E-state index in [2.05, 4.69) is 16.9 Å². The first-order valence-corrected chi connectivity index (χ1v) is 5.91. The van der Waals surface area contributed by atoms with Crippen molar-refractivity contribution in [2.24, 2.45) is 11.5 Å². The fourth-order valence-corrected chi connectivity index (χ4v) is 1.44. The van der Waals surface area contributed by atoms with Crippen molar-refractivity contribution < 1.29 is 4.74 Å². The van der Waals surface area contributed by atoms with E-state index in [1.165, 1.54) is 6.33 Å². The molecule has 0 bridgehead atoms. The first-order valence-electron chi connectivity index (χ1n) is 5.91. The second-order valence-electron chi connectivity index (χ2n) is 3.63. The maximum absolute atomic E-state index is 5.56. The summed E-state index contributed by atoms with van der Waals surface area (Å²) in [6.45, 7) is 5.29. The van der Waals surface area contributed by atoms with Gasteiger partial charge in [0.15, 0.2) is 0 Å². The Morgan fingerprint density at radius 3 is 2.53 bits per heavy atom. The predicted molar refractivity (Wildman–Crippen MR) is 68.1 cm³/mol. The highest BCUT2D eigenvalue weighted by Gasteiger charge is 2.07. The summed E-state index contributed by atoms with van der Waals surface area (Å²) in [5.74, 6) is 1.40. The zero-order chi connectivity index (χ0) is 12.5. The molecule has 1 heterocycles. The van der Waals surface area contributed by atoms with Crippen LogP contribution in [0.1, 0.15) is 13.3 Å². The molecule has 1 aromatic rings. The Hall–Kier alpha value is -1.40. The van der Waals surface area contributed by atoms with E-state index in [1.54, 1.807) is 0 Å². The van der Waals surface area contributed by atoms with Gasteiger partial charge >= 0.3 is 0 Å². The van der Waals surface area contributed by atoms with Gasteiger partial charge in [-0.25, -0.2) is 9.97 Å². The molecule has 1 rings (SSSR count). The molecular weight excluding hydrogens is 218 g/mol. The number of hydrogen-bond acceptors (Lipinski definition) is 6. The van der Waals surface area contributed by atoms with Crippen molar-refractivity contribution in [2.45, 2.75) is 13.3 Å². The van der Waals surface area contributed by atoms with Gasteiger partial charge in [-0.05, 0) is 6.42 Å². The Bertz CT molecular complexity index is 314. The van der Waals surface area contributed by atoms with E-state index < -0.39 is 0 Å². The third-order valence-electron chi connectivity index (χ3n) is 2.20. The molecule has 0 aliphatic rings. The largest absolute Gasteiger partial charge is 0.478 e. The summed E-state index contributed by atoms with van der Waals surface area (Å²) < 4.78 is 5.46. The van der Waals surface area contributed by atoms with E-state index in [0.29, 0.717) is 25.6 Å². The third-order valence-corrected chi connectivity index (χ3v) is 2.20. The Kier molecular flexibility index (Phi) is 6.27. The first kappa shape index (κ1) is 13.7. The summed E-state index contributed by atoms with van der Waals surface area (Å²) in [4.78, 5) is 10.3. The molecule has 0 aromatic carbocycles. The summed E-state index contributed by atoms with van der Waals surface area (Å²) >= 11 is 0. The number of aromatic nitrogens is 2. The fourth-order valence-electron chi connectivity index (χ4n) is 1.44. The van der Waals surface area contributed by atoms with Gasteiger partial charge in [-0.15, -0.1) is 0 Å². The Morgan fingerprint density at radius 2 is 1.94 bits per heavy atom. The van der Waals surface area contributed by atoms with Crippen LogP contribution in [0.5, 0.6) is 5.88 Å². The van der Waals surface area contributed by atoms with Gasteiger partial charge in [0.1, 0.15) is 12.1 Å². The topological polar surface area (TPSA) is 90.3 Å². The van der Waals surface area contributed by atoms with E-state index in [1.807, 2.05) is 11.0 Å². The standard InChI is InChI=1S/C11H21N5O/c1-2-7-17-11-8-10(14-9-15-11)16(5-3-12)6-4-13/h8-9H,2-7,12-13H2,1H3. The molecule has 0 aliphatic carbocycles. The van der Waals surface area contributed by atoms with Crippen LogP contribution in [0.3, 0.4) is 0 Å². The van der Waals surface area contributed by atoms with E-state index in [-0.39, 0.29) is 0 Å². The molecule has 0 fully saturated rings. The second-order valence-corrected chi connectivity index (χ2v) is 3.63. The van der Waals surface area contributed by atoms with E-state index in [9.17, 15) is 0 Å². The van der Waals surface area contributed by atoms with Crippen molar-refractivity contribution in [2.75, 3.05) is 37.7 Å². The van der Waals surface area contributed by atoms with Crippen LogP contribution in [0.2, 0.25) is 0 Å². The molecule has 0 amide bonds. The van der Waals surface area contributed by atoms with Crippen LogP contribution in [-0.2, 0) is 0 Å². The quantitative estimate of drug-likeness (QED) is 0.663. The Labute approximate surface area is 102 Å². The number of nitrogens with two attached hydrogens (primary N) is 2. The van der Waals surface area contributed by atoms with Crippen LogP contribution >= 0.6 is 0 Å². The van der Waals surface area contributed by atoms with Crippen molar-refractivity contribution in [3.8, 4) is 5.88 Å². The smallest absolute Gasteiger partial charge is 0.218 e. The maximum Gasteiger partial charge on any atom is 0.218 e. The minimum atomic E-state index is 0.565. The van der Waals surface area contributed by atoms with Crippen LogP contribution in [0.4, 0.5) is 5.82 Å². The van der Waals surface area contributed by atoms with E-state index in [4.69, 9.17) is 16.2 Å². The normalized spacial score (nSPS) is 10.3. The first-order chi connectivity index (χ1) is 8.31. The van der Waals surface area contributed by atoms with Gasteiger partial charge in [0.25, 0.3) is 0 Å². The molecule has 0 aliphatic heterocycles. The Balaban J connectivity index is 2.72. The van der Waals surface area contributed by atoms with E-state index >= 15 is 0 Å². The third kappa shape index (κ3) is 4.54. The summed E-state index contributed by atoms with van der Waals surface area (Å²) in [6.07, 6.45) is 2.45. The highest BCUT2D eigenvalue weighted by molar-refractivity contribution is 5.40. The number of ether oxygens (including phenoxy) is 1. The van der Waals surface area contributed by atoms with Crippen molar-refractivity contribution in [1.82, 2.24) is 9.97 Å². The lowest BCUT2D eigenvalue weighted by atomic mass is 10.4. The van der Waals surface area contributed by atoms with Crippen molar-refractivity contribution in [3.05, 3.63) is 12.4 Å². The lowest BCUT2D eigenvalue weighted by Crippen LogP contribution is -2.34. The predicted octanol–water partition coefficient (Wildman–Crippen LogP) is -0.0108. The molecule has 96 valence electrons. The summed E-state index contributed by atoms with van der Waals surface area (Å²) in [5.41, 5.74) is 11.1. The van der Waals surface area contributed by atoms with Crippen molar-refractivity contribution >= 4 is 5.82 Å². The summed E-state index contributed by atoms with van der Waals surface area (Å²) in [6, 6.07) is 1.82. The van der Waals surface area contributed by atoms with Gasteiger partial charge in [-0.1, -0.05) is 6.92 Å². The molecule has 6 heteroatoms. The van der Waals surface area contributed by atoms with Crippen molar-refractivity contribution in [1.29, 1.82) is 0 Å². The van der Waals surface area contributed by atoms with Gasteiger partial charge < -0.3 is 21.1 Å². The molecule has 17 heavy (non-hydrogen) atoms. The van der Waals surface area contributed by atoms with Crippen LogP contribution in [-0.4, -0.2) is 42.8 Å². The minimum absolute atomic E-state index is 0.565. The fraction of sp³-hybridized carbons (Fsp3) is 0.636. The van der Waals surface area contributed by atoms with Crippen LogP contribution < -0.4 is 21.1 Å². The SMILES string of the molecule is CCCOc1cc(N(CCN)CCN)ncn1. The molecule has 4 N–H and O–H groups in total. The van der Waals surface area contributed by atoms with Gasteiger partial charge in [-0.2, -0.15) is 0 Å². The minimum Gasteiger partial charge on any atom is -0.478 e. The van der Waals surface area contributed by atoms with Gasteiger partial charge in [0.05, 0.1) is 6.61 Å². The zero-order valence-electron chi connectivity index (χ0n) is 10.3. The molecule has 0 atom stereocenters. The second kappa shape index (κ2) is 7.81. The molecule has 0 radical (unpaired) electrons. The lowest BCUT2D eigenvalue weighted by Gasteiger charge is -2.22. The van der Waals surface area contributed by atoms with Gasteiger partial charge in [0.2, 0.25) is 5.88 Å². The summed E-state index contributed by atoms with van der Waals surface area (Å²) in [5, 5.41) is 0. The molecule has 0 saturated heterocycles. The average Bonchev–Trinajstić information content (AvgIpc) is 2.36. The molecule has 6 nitrogen and oxygen atoms in total. The molecule has 0 saturated carbocycles. The van der Waals surface area contributed by atoms with Gasteiger partial charge in [0, 0.05) is 32.2 Å². The monoisotopic (exact) mass is 239 g/mol. The van der Waals surface area contributed by atoms with Gasteiger partial charge in [-0.3, -0.25) is 0 Å². The lowest BCUT2D eigenvalue weighted by molar-refractivity contribution is 0.304. The zero-order valence-corrected chi connectivity index (χ0v) is 10.3. The highest BCUT2D eigenvalue weighted by Crippen LogP contribution is 2.15. The molecule has 1 aromatic heterocycles. The van der Waals surface area contributed by atoms with E-state index in [0.717, 1.165) is 25.3 Å². The van der Waals surface area contributed by atoms with Crippen molar-refractivity contribution in [3.63, 3.8) is 0 Å². The average molecular weight is 239 g/mol. The number of hydrogen-bond donors (Lipinski definition) is 2. The molecular formula is C11H21N5O. The van der Waals surface area contributed by atoms with Crippen LogP contribution in [0.15, 0.2) is 12.4 Å². The maximum atomic E-state index is 5.56. The molecule has 0 spiro atoms. The number of rotatable bonds is 8. The Morgan fingerprint density at radius 1 is 1.24 bits per heavy atom. The van der Waals surface area contributed by atoms with Crippen LogP contribution in [0.25, 0.3) is 0 Å². The summed E-state index contributed by atoms with van der Waals surface area (Å²) in [7, 11) is 0. The number of anilines is 1.